The average molecular weight is 246 g/mol. The predicted octanol–water partition coefficient (Wildman–Crippen LogP) is 2.25. The van der Waals surface area contributed by atoms with Crippen LogP contribution in [0.1, 0.15) is 30.0 Å². The Morgan fingerprint density at radius 1 is 1.29 bits per heavy atom. The summed E-state index contributed by atoms with van der Waals surface area (Å²) in [5.41, 5.74) is 8.75. The van der Waals surface area contributed by atoms with E-state index < -0.39 is 0 Å². The number of aryl methyl sites for hydroxylation is 1. The number of thiazole rings is 1. The number of nitrogens with zero attached hydrogens (tertiary/aromatic N) is 3. The summed E-state index contributed by atoms with van der Waals surface area (Å²) < 4.78 is 0. The summed E-state index contributed by atoms with van der Waals surface area (Å²) in [5, 5.41) is 3.06. The second-order valence-corrected chi connectivity index (χ2v) is 5.40. The summed E-state index contributed by atoms with van der Waals surface area (Å²) >= 11 is 1.63. The van der Waals surface area contributed by atoms with Gasteiger partial charge in [0.1, 0.15) is 16.4 Å². The average Bonchev–Trinajstić information content (AvgIpc) is 2.76. The monoisotopic (exact) mass is 246 g/mol. The van der Waals surface area contributed by atoms with Crippen LogP contribution in [0.15, 0.2) is 17.8 Å². The second-order valence-electron chi connectivity index (χ2n) is 4.54. The van der Waals surface area contributed by atoms with Crippen LogP contribution in [0.5, 0.6) is 0 Å². The van der Waals surface area contributed by atoms with Gasteiger partial charge < -0.3 is 5.73 Å². The zero-order valence-corrected chi connectivity index (χ0v) is 10.5. The molecule has 0 amide bonds. The Kier molecular flexibility index (Phi) is 2.45. The van der Waals surface area contributed by atoms with Crippen LogP contribution in [0, 0.1) is 6.92 Å². The number of nitrogens with two attached hydrogens (primary N) is 1. The third-order valence-corrected chi connectivity index (χ3v) is 4.36. The van der Waals surface area contributed by atoms with Crippen LogP contribution in [-0.4, -0.2) is 15.0 Å². The Morgan fingerprint density at radius 3 is 2.71 bits per heavy atom. The van der Waals surface area contributed by atoms with Gasteiger partial charge in [-0.2, -0.15) is 0 Å². The van der Waals surface area contributed by atoms with Gasteiger partial charge in [-0.15, -0.1) is 11.3 Å². The Morgan fingerprint density at radius 2 is 2.06 bits per heavy atom. The fraction of sp³-hybridized carbons (Fsp3) is 0.417. The van der Waals surface area contributed by atoms with Crippen LogP contribution in [0.3, 0.4) is 0 Å². The van der Waals surface area contributed by atoms with Gasteiger partial charge in [0.15, 0.2) is 0 Å². The van der Waals surface area contributed by atoms with Crippen LogP contribution >= 0.6 is 11.3 Å². The molecule has 0 bridgehead atoms. The Bertz CT molecular complexity index is 545. The van der Waals surface area contributed by atoms with Crippen LogP contribution in [-0.2, 0) is 5.54 Å². The highest BCUT2D eigenvalue weighted by molar-refractivity contribution is 7.10. The topological polar surface area (TPSA) is 64.7 Å². The summed E-state index contributed by atoms with van der Waals surface area (Å²) in [6.45, 7) is 1.95. The van der Waals surface area contributed by atoms with Crippen molar-refractivity contribution in [3.8, 4) is 11.4 Å². The van der Waals surface area contributed by atoms with Crippen molar-refractivity contribution in [2.75, 3.05) is 0 Å². The summed E-state index contributed by atoms with van der Waals surface area (Å²) in [6, 6.07) is 0. The van der Waals surface area contributed by atoms with Crippen LogP contribution < -0.4 is 5.73 Å². The fourth-order valence-electron chi connectivity index (χ4n) is 2.04. The molecule has 1 aliphatic rings. The molecule has 2 aromatic rings. The van der Waals surface area contributed by atoms with Crippen molar-refractivity contribution in [3.63, 3.8) is 0 Å². The molecule has 0 atom stereocenters. The molecule has 1 saturated carbocycles. The highest BCUT2D eigenvalue weighted by Gasteiger charge is 2.37. The summed E-state index contributed by atoms with van der Waals surface area (Å²) in [7, 11) is 0. The fourth-order valence-corrected chi connectivity index (χ4v) is 3.02. The maximum atomic E-state index is 6.27. The third-order valence-electron chi connectivity index (χ3n) is 3.30. The van der Waals surface area contributed by atoms with Crippen molar-refractivity contribution < 1.29 is 0 Å². The van der Waals surface area contributed by atoms with Gasteiger partial charge in [-0.1, -0.05) is 0 Å². The second kappa shape index (κ2) is 3.85. The molecule has 0 spiro atoms. The molecule has 3 rings (SSSR count). The molecule has 4 nitrogen and oxygen atoms in total. The summed E-state index contributed by atoms with van der Waals surface area (Å²) in [5.74, 6) is 0. The molecule has 1 fully saturated rings. The number of hydrogen-bond acceptors (Lipinski definition) is 5. The van der Waals surface area contributed by atoms with Crippen molar-refractivity contribution in [1.29, 1.82) is 0 Å². The first-order chi connectivity index (χ1) is 8.19. The quantitative estimate of drug-likeness (QED) is 0.882. The molecule has 0 saturated heterocycles. The summed E-state index contributed by atoms with van der Waals surface area (Å²) in [4.78, 5) is 13.2. The lowest BCUT2D eigenvalue weighted by atomic mass is 9.78. The first kappa shape index (κ1) is 10.8. The van der Waals surface area contributed by atoms with Gasteiger partial charge in [0.05, 0.1) is 11.2 Å². The van der Waals surface area contributed by atoms with Crippen molar-refractivity contribution >= 4 is 11.3 Å². The Balaban J connectivity index is 1.98. The van der Waals surface area contributed by atoms with E-state index in [1.165, 1.54) is 6.42 Å². The largest absolute Gasteiger partial charge is 0.319 e. The van der Waals surface area contributed by atoms with Crippen molar-refractivity contribution in [3.05, 3.63) is 28.5 Å². The van der Waals surface area contributed by atoms with E-state index in [-0.39, 0.29) is 5.54 Å². The molecule has 1 aliphatic carbocycles. The number of rotatable bonds is 2. The number of aromatic nitrogens is 3. The van der Waals surface area contributed by atoms with E-state index in [0.29, 0.717) is 0 Å². The standard InChI is InChI=1S/C12H14N4S/c1-8-10(15-6-5-14-8)9-7-17-11(16-9)12(13)3-2-4-12/h5-7H,2-4,13H2,1H3. The molecule has 0 aromatic carbocycles. The molecule has 2 N–H and O–H groups in total. The zero-order valence-electron chi connectivity index (χ0n) is 9.68. The molecule has 0 unspecified atom stereocenters. The molecular formula is C12H14N4S. The molecule has 2 aromatic heterocycles. The van der Waals surface area contributed by atoms with Gasteiger partial charge in [0.25, 0.3) is 0 Å². The molecule has 0 aliphatic heterocycles. The minimum atomic E-state index is -0.182. The van der Waals surface area contributed by atoms with Gasteiger partial charge in [-0.05, 0) is 26.2 Å². The lowest BCUT2D eigenvalue weighted by Gasteiger charge is -2.35. The molecular weight excluding hydrogens is 232 g/mol. The van der Waals surface area contributed by atoms with Gasteiger partial charge in [-0.25, -0.2) is 4.98 Å². The Labute approximate surface area is 104 Å². The van der Waals surface area contributed by atoms with E-state index in [9.17, 15) is 0 Å². The maximum Gasteiger partial charge on any atom is 0.113 e. The molecule has 17 heavy (non-hydrogen) atoms. The van der Waals surface area contributed by atoms with E-state index >= 15 is 0 Å². The minimum Gasteiger partial charge on any atom is -0.319 e. The van der Waals surface area contributed by atoms with E-state index in [1.807, 2.05) is 12.3 Å². The van der Waals surface area contributed by atoms with Crippen molar-refractivity contribution in [2.24, 2.45) is 5.73 Å². The van der Waals surface area contributed by atoms with Gasteiger partial charge in [0.2, 0.25) is 0 Å². The molecule has 5 heteroatoms. The SMILES string of the molecule is Cc1nccnc1-c1csc(C2(N)CCC2)n1. The summed E-state index contributed by atoms with van der Waals surface area (Å²) in [6.07, 6.45) is 6.68. The van der Waals surface area contributed by atoms with E-state index in [1.54, 1.807) is 23.7 Å². The van der Waals surface area contributed by atoms with Crippen molar-refractivity contribution in [2.45, 2.75) is 31.7 Å². The first-order valence-electron chi connectivity index (χ1n) is 5.72. The minimum absolute atomic E-state index is 0.182. The van der Waals surface area contributed by atoms with Gasteiger partial charge >= 0.3 is 0 Å². The molecule has 88 valence electrons. The Hall–Kier alpha value is -1.33. The van der Waals surface area contributed by atoms with Crippen molar-refractivity contribution in [1.82, 2.24) is 15.0 Å². The first-order valence-corrected chi connectivity index (χ1v) is 6.60. The lowest BCUT2D eigenvalue weighted by molar-refractivity contribution is 0.253. The maximum absolute atomic E-state index is 6.27. The van der Waals surface area contributed by atoms with Crippen LogP contribution in [0.2, 0.25) is 0 Å². The van der Waals surface area contributed by atoms with Crippen LogP contribution in [0.25, 0.3) is 11.4 Å². The number of hydrogen-bond donors (Lipinski definition) is 1. The highest BCUT2D eigenvalue weighted by atomic mass is 32.1. The van der Waals surface area contributed by atoms with E-state index in [4.69, 9.17) is 5.73 Å². The van der Waals surface area contributed by atoms with E-state index in [0.717, 1.165) is 34.9 Å². The van der Waals surface area contributed by atoms with Gasteiger partial charge in [-0.3, -0.25) is 9.97 Å². The highest BCUT2D eigenvalue weighted by Crippen LogP contribution is 2.40. The normalized spacial score (nSPS) is 17.8. The molecule has 0 radical (unpaired) electrons. The smallest absolute Gasteiger partial charge is 0.113 e. The predicted molar refractivity (Wildman–Crippen MR) is 67.6 cm³/mol. The lowest BCUT2D eigenvalue weighted by Crippen LogP contribution is -2.43. The zero-order chi connectivity index (χ0) is 11.9. The molecule has 2 heterocycles. The third kappa shape index (κ3) is 1.75. The van der Waals surface area contributed by atoms with E-state index in [2.05, 4.69) is 15.0 Å². The van der Waals surface area contributed by atoms with Gasteiger partial charge in [0, 0.05) is 17.8 Å². The van der Waals surface area contributed by atoms with Crippen LogP contribution in [0.4, 0.5) is 0 Å².